The van der Waals surface area contributed by atoms with Crippen LogP contribution in [0, 0.1) is 13.8 Å². The number of hydrogen-bond donors (Lipinski definition) is 2. The van der Waals surface area contributed by atoms with Crippen molar-refractivity contribution in [1.82, 2.24) is 5.43 Å². The van der Waals surface area contributed by atoms with E-state index in [0.717, 1.165) is 16.1 Å². The molecule has 3 N–H and O–H groups in total. The Labute approximate surface area is 113 Å². The van der Waals surface area contributed by atoms with Crippen molar-refractivity contribution < 1.29 is 0 Å². The van der Waals surface area contributed by atoms with Gasteiger partial charge in [0.05, 0.1) is 6.04 Å². The maximum atomic E-state index is 5.90. The van der Waals surface area contributed by atoms with Crippen molar-refractivity contribution >= 4 is 11.6 Å². The van der Waals surface area contributed by atoms with E-state index in [1.807, 2.05) is 24.3 Å². The van der Waals surface area contributed by atoms with Crippen molar-refractivity contribution in [1.29, 1.82) is 0 Å². The number of rotatable bonds is 3. The number of aryl methyl sites for hydroxylation is 2. The Kier molecular flexibility index (Phi) is 4.02. The molecule has 2 rings (SSSR count). The van der Waals surface area contributed by atoms with Crippen LogP contribution in [0.15, 0.2) is 42.5 Å². The summed E-state index contributed by atoms with van der Waals surface area (Å²) in [5.74, 6) is 5.68. The molecule has 2 aromatic carbocycles. The Morgan fingerprint density at radius 3 is 2.11 bits per heavy atom. The maximum Gasteiger partial charge on any atom is 0.0710 e. The summed E-state index contributed by atoms with van der Waals surface area (Å²) in [6.07, 6.45) is 0. The number of halogens is 1. The molecule has 0 saturated heterocycles. The number of hydrazine groups is 1. The van der Waals surface area contributed by atoms with Gasteiger partial charge in [-0.1, -0.05) is 41.9 Å². The van der Waals surface area contributed by atoms with Crippen LogP contribution in [0.25, 0.3) is 0 Å². The fourth-order valence-corrected chi connectivity index (χ4v) is 2.11. The second-order valence-electron chi connectivity index (χ2n) is 4.49. The van der Waals surface area contributed by atoms with Gasteiger partial charge in [-0.05, 0) is 48.2 Å². The summed E-state index contributed by atoms with van der Waals surface area (Å²) in [4.78, 5) is 0. The molecule has 0 bridgehead atoms. The third-order valence-corrected chi connectivity index (χ3v) is 3.49. The number of nitrogens with two attached hydrogens (primary N) is 1. The second kappa shape index (κ2) is 5.53. The Morgan fingerprint density at radius 2 is 1.56 bits per heavy atom. The summed E-state index contributed by atoms with van der Waals surface area (Å²) in [6.45, 7) is 4.21. The van der Waals surface area contributed by atoms with Gasteiger partial charge in [-0.3, -0.25) is 5.84 Å². The van der Waals surface area contributed by atoms with Crippen LogP contribution in [-0.2, 0) is 0 Å². The predicted molar refractivity (Wildman–Crippen MR) is 76.5 cm³/mol. The van der Waals surface area contributed by atoms with Gasteiger partial charge < -0.3 is 0 Å². The molecular formula is C15H17ClN2. The molecule has 1 unspecified atom stereocenters. The minimum absolute atomic E-state index is 0.0124. The summed E-state index contributed by atoms with van der Waals surface area (Å²) < 4.78 is 0. The Morgan fingerprint density at radius 1 is 0.944 bits per heavy atom. The van der Waals surface area contributed by atoms with E-state index in [-0.39, 0.29) is 6.04 Å². The van der Waals surface area contributed by atoms with Crippen molar-refractivity contribution in [3.63, 3.8) is 0 Å². The number of benzene rings is 2. The van der Waals surface area contributed by atoms with Gasteiger partial charge in [0, 0.05) is 5.02 Å². The molecule has 2 aromatic rings. The third-order valence-electron chi connectivity index (χ3n) is 3.23. The van der Waals surface area contributed by atoms with Gasteiger partial charge in [0.2, 0.25) is 0 Å². The zero-order valence-corrected chi connectivity index (χ0v) is 11.3. The normalized spacial score (nSPS) is 12.4. The molecule has 0 aliphatic carbocycles. The van der Waals surface area contributed by atoms with Crippen LogP contribution < -0.4 is 11.3 Å². The highest BCUT2D eigenvalue weighted by Gasteiger charge is 2.12. The van der Waals surface area contributed by atoms with Crippen molar-refractivity contribution in [2.75, 3.05) is 0 Å². The summed E-state index contributed by atoms with van der Waals surface area (Å²) in [5, 5.41) is 0.731. The van der Waals surface area contributed by atoms with Gasteiger partial charge in [-0.2, -0.15) is 0 Å². The quantitative estimate of drug-likeness (QED) is 0.655. The van der Waals surface area contributed by atoms with E-state index in [4.69, 9.17) is 17.4 Å². The second-order valence-corrected chi connectivity index (χ2v) is 4.93. The lowest BCUT2D eigenvalue weighted by Crippen LogP contribution is -2.28. The van der Waals surface area contributed by atoms with Gasteiger partial charge in [-0.15, -0.1) is 0 Å². The summed E-state index contributed by atoms with van der Waals surface area (Å²) in [5.41, 5.74) is 7.66. The average Bonchev–Trinajstić information content (AvgIpc) is 2.37. The minimum Gasteiger partial charge on any atom is -0.271 e. The van der Waals surface area contributed by atoms with Crippen molar-refractivity contribution in [2.45, 2.75) is 19.9 Å². The first-order valence-electron chi connectivity index (χ1n) is 5.90. The minimum atomic E-state index is -0.0124. The largest absolute Gasteiger partial charge is 0.271 e. The molecule has 1 atom stereocenters. The fraction of sp³-hybridized carbons (Fsp3) is 0.200. The van der Waals surface area contributed by atoms with Crippen LogP contribution in [0.2, 0.25) is 5.02 Å². The standard InChI is InChI=1S/C15H17ClN2/c1-10-3-4-13(9-11(10)2)15(18-17)12-5-7-14(16)8-6-12/h3-9,15,18H,17H2,1-2H3. The first-order chi connectivity index (χ1) is 8.61. The Bertz CT molecular complexity index is 535. The zero-order chi connectivity index (χ0) is 13.1. The van der Waals surface area contributed by atoms with Gasteiger partial charge in [-0.25, -0.2) is 5.43 Å². The molecule has 0 heterocycles. The van der Waals surface area contributed by atoms with Crippen LogP contribution >= 0.6 is 11.6 Å². The molecule has 0 aliphatic rings. The highest BCUT2D eigenvalue weighted by Crippen LogP contribution is 2.24. The van der Waals surface area contributed by atoms with E-state index in [0.29, 0.717) is 0 Å². The average molecular weight is 261 g/mol. The highest BCUT2D eigenvalue weighted by atomic mass is 35.5. The van der Waals surface area contributed by atoms with E-state index >= 15 is 0 Å². The number of nitrogens with one attached hydrogen (secondary N) is 1. The summed E-state index contributed by atoms with van der Waals surface area (Å²) in [7, 11) is 0. The Balaban J connectivity index is 2.38. The van der Waals surface area contributed by atoms with Gasteiger partial charge in [0.15, 0.2) is 0 Å². The SMILES string of the molecule is Cc1ccc(C(NN)c2ccc(Cl)cc2)cc1C. The van der Waals surface area contributed by atoms with Crippen molar-refractivity contribution in [2.24, 2.45) is 5.84 Å². The van der Waals surface area contributed by atoms with Gasteiger partial charge >= 0.3 is 0 Å². The molecule has 0 aliphatic heterocycles. The van der Waals surface area contributed by atoms with Crippen LogP contribution in [0.5, 0.6) is 0 Å². The first kappa shape index (κ1) is 13.1. The predicted octanol–water partition coefficient (Wildman–Crippen LogP) is 3.51. The topological polar surface area (TPSA) is 38.0 Å². The Hall–Kier alpha value is -1.35. The van der Waals surface area contributed by atoms with Crippen molar-refractivity contribution in [3.05, 3.63) is 69.7 Å². The molecule has 0 amide bonds. The summed E-state index contributed by atoms with van der Waals surface area (Å²) >= 11 is 5.90. The molecule has 18 heavy (non-hydrogen) atoms. The van der Waals surface area contributed by atoms with Gasteiger partial charge in [0.25, 0.3) is 0 Å². The third kappa shape index (κ3) is 2.72. The molecular weight excluding hydrogens is 244 g/mol. The molecule has 2 nitrogen and oxygen atoms in total. The maximum absolute atomic E-state index is 5.90. The molecule has 3 heteroatoms. The lowest BCUT2D eigenvalue weighted by Gasteiger charge is -2.18. The first-order valence-corrected chi connectivity index (χ1v) is 6.28. The van der Waals surface area contributed by atoms with Crippen LogP contribution in [-0.4, -0.2) is 0 Å². The highest BCUT2D eigenvalue weighted by molar-refractivity contribution is 6.30. The summed E-state index contributed by atoms with van der Waals surface area (Å²) in [6, 6.07) is 14.1. The zero-order valence-electron chi connectivity index (χ0n) is 10.6. The monoisotopic (exact) mass is 260 g/mol. The molecule has 0 saturated carbocycles. The molecule has 94 valence electrons. The van der Waals surface area contributed by atoms with E-state index in [1.54, 1.807) is 0 Å². The van der Waals surface area contributed by atoms with E-state index in [1.165, 1.54) is 11.1 Å². The molecule has 0 radical (unpaired) electrons. The smallest absolute Gasteiger partial charge is 0.0710 e. The molecule has 0 spiro atoms. The molecule has 0 fully saturated rings. The van der Waals surface area contributed by atoms with E-state index < -0.39 is 0 Å². The van der Waals surface area contributed by atoms with E-state index in [2.05, 4.69) is 37.5 Å². The van der Waals surface area contributed by atoms with Crippen LogP contribution in [0.3, 0.4) is 0 Å². The van der Waals surface area contributed by atoms with Crippen LogP contribution in [0.1, 0.15) is 28.3 Å². The molecule has 0 aromatic heterocycles. The van der Waals surface area contributed by atoms with E-state index in [9.17, 15) is 0 Å². The van der Waals surface area contributed by atoms with Crippen molar-refractivity contribution in [3.8, 4) is 0 Å². The lowest BCUT2D eigenvalue weighted by atomic mass is 9.96. The lowest BCUT2D eigenvalue weighted by molar-refractivity contribution is 0.636. The number of hydrogen-bond acceptors (Lipinski definition) is 2. The van der Waals surface area contributed by atoms with Crippen LogP contribution in [0.4, 0.5) is 0 Å². The fourth-order valence-electron chi connectivity index (χ4n) is 1.98. The van der Waals surface area contributed by atoms with Gasteiger partial charge in [0.1, 0.15) is 0 Å².